The molecule has 4 nitrogen and oxygen atoms in total. The zero-order valence-corrected chi connectivity index (χ0v) is 9.73. The summed E-state index contributed by atoms with van der Waals surface area (Å²) in [5.74, 6) is 0.605. The van der Waals surface area contributed by atoms with Crippen LogP contribution < -0.4 is 5.32 Å². The molecule has 0 radical (unpaired) electrons. The maximum Gasteiger partial charge on any atom is 0.269 e. The Labute approximate surface area is 100 Å². The highest BCUT2D eigenvalue weighted by Crippen LogP contribution is 2.14. The molecule has 17 heavy (non-hydrogen) atoms. The molecular formula is C13H15N3O. The van der Waals surface area contributed by atoms with Gasteiger partial charge in [0.25, 0.3) is 5.91 Å². The van der Waals surface area contributed by atoms with Crippen LogP contribution in [0.15, 0.2) is 36.5 Å². The minimum atomic E-state index is -0.110. The van der Waals surface area contributed by atoms with Gasteiger partial charge in [0.15, 0.2) is 0 Å². The molecule has 0 saturated carbocycles. The number of imidazole rings is 1. The van der Waals surface area contributed by atoms with E-state index in [1.54, 1.807) is 6.20 Å². The molecule has 0 spiro atoms. The second-order valence-electron chi connectivity index (χ2n) is 3.77. The summed E-state index contributed by atoms with van der Waals surface area (Å²) >= 11 is 0. The Morgan fingerprint density at radius 1 is 1.35 bits per heavy atom. The summed E-state index contributed by atoms with van der Waals surface area (Å²) < 4.78 is 0. The fourth-order valence-corrected chi connectivity index (χ4v) is 1.51. The van der Waals surface area contributed by atoms with E-state index in [2.05, 4.69) is 15.3 Å². The first-order valence-electron chi connectivity index (χ1n) is 5.70. The first-order chi connectivity index (χ1) is 8.31. The van der Waals surface area contributed by atoms with Gasteiger partial charge in [-0.15, -0.1) is 0 Å². The molecule has 88 valence electrons. The number of nitrogens with one attached hydrogen (secondary N) is 2. The monoisotopic (exact) mass is 229 g/mol. The SMILES string of the molecule is CCCNC(=O)c1cnc(-c2ccccc2)[nH]1. The van der Waals surface area contributed by atoms with Crippen LogP contribution in [0.4, 0.5) is 0 Å². The lowest BCUT2D eigenvalue weighted by atomic mass is 10.2. The molecule has 2 N–H and O–H groups in total. The van der Waals surface area contributed by atoms with Crippen LogP contribution in [0.2, 0.25) is 0 Å². The average molecular weight is 229 g/mol. The molecule has 0 unspecified atom stereocenters. The molecule has 0 aliphatic rings. The number of nitrogens with zero attached hydrogens (tertiary/aromatic N) is 1. The maximum absolute atomic E-state index is 11.7. The van der Waals surface area contributed by atoms with Gasteiger partial charge in [0, 0.05) is 12.1 Å². The van der Waals surface area contributed by atoms with E-state index in [1.807, 2.05) is 37.3 Å². The van der Waals surface area contributed by atoms with E-state index in [1.165, 1.54) is 0 Å². The highest BCUT2D eigenvalue weighted by atomic mass is 16.1. The minimum absolute atomic E-state index is 0.110. The standard InChI is InChI=1S/C13H15N3O/c1-2-8-14-13(17)11-9-15-12(16-11)10-6-4-3-5-7-10/h3-7,9H,2,8H2,1H3,(H,14,17)(H,15,16). The predicted octanol–water partition coefficient (Wildman–Crippen LogP) is 2.22. The third kappa shape index (κ3) is 2.72. The van der Waals surface area contributed by atoms with Crippen LogP contribution in [-0.4, -0.2) is 22.4 Å². The van der Waals surface area contributed by atoms with Crippen LogP contribution in [-0.2, 0) is 0 Å². The number of amides is 1. The fourth-order valence-electron chi connectivity index (χ4n) is 1.51. The summed E-state index contributed by atoms with van der Waals surface area (Å²) in [6.07, 6.45) is 2.48. The van der Waals surface area contributed by atoms with Crippen molar-refractivity contribution in [2.24, 2.45) is 0 Å². The molecular weight excluding hydrogens is 214 g/mol. The quantitative estimate of drug-likeness (QED) is 0.844. The van der Waals surface area contributed by atoms with Crippen LogP contribution in [0.1, 0.15) is 23.8 Å². The molecule has 0 bridgehead atoms. The molecule has 0 fully saturated rings. The van der Waals surface area contributed by atoms with Crippen LogP contribution >= 0.6 is 0 Å². The van der Waals surface area contributed by atoms with Crippen molar-refractivity contribution in [3.63, 3.8) is 0 Å². The van der Waals surface area contributed by atoms with Gasteiger partial charge >= 0.3 is 0 Å². The lowest BCUT2D eigenvalue weighted by molar-refractivity contribution is 0.0949. The smallest absolute Gasteiger partial charge is 0.269 e. The normalized spacial score (nSPS) is 10.2. The number of carbonyl (C=O) groups is 1. The molecule has 1 heterocycles. The van der Waals surface area contributed by atoms with Crippen LogP contribution in [0.5, 0.6) is 0 Å². The van der Waals surface area contributed by atoms with E-state index < -0.39 is 0 Å². The molecule has 2 aromatic rings. The third-order valence-electron chi connectivity index (χ3n) is 2.40. The lowest BCUT2D eigenvalue weighted by Gasteiger charge is -1.99. The highest BCUT2D eigenvalue weighted by molar-refractivity contribution is 5.92. The number of benzene rings is 1. The molecule has 0 saturated heterocycles. The van der Waals surface area contributed by atoms with Gasteiger partial charge in [0.1, 0.15) is 11.5 Å². The van der Waals surface area contributed by atoms with Crippen LogP contribution in [0.25, 0.3) is 11.4 Å². The molecule has 0 aliphatic carbocycles. The summed E-state index contributed by atoms with van der Waals surface area (Å²) in [7, 11) is 0. The van der Waals surface area contributed by atoms with Gasteiger partial charge in [-0.05, 0) is 6.42 Å². The topological polar surface area (TPSA) is 57.8 Å². The van der Waals surface area contributed by atoms with Crippen molar-refractivity contribution in [2.75, 3.05) is 6.54 Å². The van der Waals surface area contributed by atoms with Crippen molar-refractivity contribution in [3.05, 3.63) is 42.2 Å². The van der Waals surface area contributed by atoms with Crippen molar-refractivity contribution in [1.82, 2.24) is 15.3 Å². The van der Waals surface area contributed by atoms with Crippen LogP contribution in [0, 0.1) is 0 Å². The molecule has 0 aliphatic heterocycles. The summed E-state index contributed by atoms with van der Waals surface area (Å²) in [5.41, 5.74) is 1.47. The Bertz CT molecular complexity index is 490. The summed E-state index contributed by atoms with van der Waals surface area (Å²) in [4.78, 5) is 18.9. The van der Waals surface area contributed by atoms with E-state index in [-0.39, 0.29) is 5.91 Å². The van der Waals surface area contributed by atoms with Crippen molar-refractivity contribution < 1.29 is 4.79 Å². The highest BCUT2D eigenvalue weighted by Gasteiger charge is 2.09. The lowest BCUT2D eigenvalue weighted by Crippen LogP contribution is -2.24. The second-order valence-corrected chi connectivity index (χ2v) is 3.77. The number of aromatic nitrogens is 2. The molecule has 1 amide bonds. The number of hydrogen-bond acceptors (Lipinski definition) is 2. The number of carbonyl (C=O) groups excluding carboxylic acids is 1. The van der Waals surface area contributed by atoms with Crippen molar-refractivity contribution in [2.45, 2.75) is 13.3 Å². The summed E-state index contributed by atoms with van der Waals surface area (Å²) in [6.45, 7) is 2.70. The molecule has 4 heteroatoms. The van der Waals surface area contributed by atoms with Gasteiger partial charge in [0.05, 0.1) is 6.20 Å². The van der Waals surface area contributed by atoms with Gasteiger partial charge in [-0.1, -0.05) is 37.3 Å². The minimum Gasteiger partial charge on any atom is -0.351 e. The van der Waals surface area contributed by atoms with E-state index in [9.17, 15) is 4.79 Å². The maximum atomic E-state index is 11.7. The Balaban J connectivity index is 2.14. The predicted molar refractivity (Wildman–Crippen MR) is 66.6 cm³/mol. The van der Waals surface area contributed by atoms with Crippen molar-refractivity contribution >= 4 is 5.91 Å². The Morgan fingerprint density at radius 2 is 2.12 bits per heavy atom. The number of rotatable bonds is 4. The van der Waals surface area contributed by atoms with Gasteiger partial charge in [0.2, 0.25) is 0 Å². The van der Waals surface area contributed by atoms with E-state index in [4.69, 9.17) is 0 Å². The van der Waals surface area contributed by atoms with E-state index in [0.29, 0.717) is 18.1 Å². The summed E-state index contributed by atoms with van der Waals surface area (Å²) in [6, 6.07) is 9.73. The molecule has 0 atom stereocenters. The molecule has 1 aromatic heterocycles. The third-order valence-corrected chi connectivity index (χ3v) is 2.40. The molecule has 1 aromatic carbocycles. The van der Waals surface area contributed by atoms with Crippen molar-refractivity contribution in [3.8, 4) is 11.4 Å². The zero-order chi connectivity index (χ0) is 12.1. The van der Waals surface area contributed by atoms with E-state index in [0.717, 1.165) is 12.0 Å². The van der Waals surface area contributed by atoms with Crippen molar-refractivity contribution in [1.29, 1.82) is 0 Å². The Hall–Kier alpha value is -2.10. The number of H-pyrrole nitrogens is 1. The van der Waals surface area contributed by atoms with E-state index >= 15 is 0 Å². The number of hydrogen-bond donors (Lipinski definition) is 2. The van der Waals surface area contributed by atoms with Gasteiger partial charge in [-0.3, -0.25) is 4.79 Å². The number of aromatic amines is 1. The Kier molecular flexibility index (Phi) is 3.55. The van der Waals surface area contributed by atoms with Crippen LogP contribution in [0.3, 0.4) is 0 Å². The fraction of sp³-hybridized carbons (Fsp3) is 0.231. The van der Waals surface area contributed by atoms with Gasteiger partial charge in [-0.2, -0.15) is 0 Å². The average Bonchev–Trinajstić information content (AvgIpc) is 2.86. The largest absolute Gasteiger partial charge is 0.351 e. The Morgan fingerprint density at radius 3 is 2.82 bits per heavy atom. The zero-order valence-electron chi connectivity index (χ0n) is 9.73. The van der Waals surface area contributed by atoms with Gasteiger partial charge < -0.3 is 10.3 Å². The summed E-state index contributed by atoms with van der Waals surface area (Å²) in [5, 5.41) is 2.80. The second kappa shape index (κ2) is 5.30. The first-order valence-corrected chi connectivity index (χ1v) is 5.70. The van der Waals surface area contributed by atoms with Gasteiger partial charge in [-0.25, -0.2) is 4.98 Å². The molecule has 2 rings (SSSR count). The first kappa shape index (κ1) is 11.4.